The molecule has 0 unspecified atom stereocenters. The van der Waals surface area contributed by atoms with E-state index in [0.29, 0.717) is 12.2 Å². The van der Waals surface area contributed by atoms with Gasteiger partial charge in [-0.3, -0.25) is 0 Å². The molecule has 0 radical (unpaired) electrons. The first-order chi connectivity index (χ1) is 7.00. The Labute approximate surface area is 92.1 Å². The summed E-state index contributed by atoms with van der Waals surface area (Å²) in [7, 11) is -1.22. The summed E-state index contributed by atoms with van der Waals surface area (Å²) in [4.78, 5) is 0. The second kappa shape index (κ2) is 5.33. The van der Waals surface area contributed by atoms with Crippen LogP contribution in [0.3, 0.4) is 0 Å². The minimum absolute atomic E-state index is 0.184. The average Bonchev–Trinajstić information content (AvgIpc) is 2.17. The number of benzene rings is 1. The van der Waals surface area contributed by atoms with Gasteiger partial charge in [-0.2, -0.15) is 0 Å². The summed E-state index contributed by atoms with van der Waals surface area (Å²) >= 11 is 0. The Bertz CT molecular complexity index is 310. The maximum atomic E-state index is 8.92. The molecule has 0 saturated heterocycles. The number of hydrogen-bond acceptors (Lipinski definition) is 2. The van der Waals surface area contributed by atoms with Crippen molar-refractivity contribution in [2.75, 3.05) is 0 Å². The van der Waals surface area contributed by atoms with Crippen molar-refractivity contribution in [2.45, 2.75) is 38.9 Å². The summed E-state index contributed by atoms with van der Waals surface area (Å²) < 4.78 is 0. The Morgan fingerprint density at radius 3 is 2.27 bits per heavy atom. The van der Waals surface area contributed by atoms with Gasteiger partial charge in [0.1, 0.15) is 0 Å². The van der Waals surface area contributed by atoms with Crippen LogP contribution in [0.2, 0.25) is 6.32 Å². The third-order valence-electron chi connectivity index (χ3n) is 2.71. The number of hydrogen-bond donors (Lipinski definition) is 2. The molecule has 0 aliphatic rings. The van der Waals surface area contributed by atoms with Crippen molar-refractivity contribution >= 4 is 7.12 Å². The zero-order valence-corrected chi connectivity index (χ0v) is 9.64. The minimum Gasteiger partial charge on any atom is -0.427 e. The molecular weight excluding hydrogens is 187 g/mol. The second-order valence-electron chi connectivity index (χ2n) is 4.44. The van der Waals surface area contributed by atoms with E-state index in [-0.39, 0.29) is 5.92 Å². The summed E-state index contributed by atoms with van der Waals surface area (Å²) in [6, 6.07) is 8.33. The van der Waals surface area contributed by atoms with Crippen LogP contribution in [-0.2, 0) is 0 Å². The van der Waals surface area contributed by atoms with Crippen LogP contribution in [0.15, 0.2) is 24.3 Å². The summed E-state index contributed by atoms with van der Waals surface area (Å²) in [5.41, 5.74) is 2.47. The van der Waals surface area contributed by atoms with Gasteiger partial charge in [0.15, 0.2) is 0 Å². The lowest BCUT2D eigenvalue weighted by Gasteiger charge is -2.13. The van der Waals surface area contributed by atoms with E-state index in [9.17, 15) is 0 Å². The van der Waals surface area contributed by atoms with Crippen LogP contribution in [0.4, 0.5) is 0 Å². The molecule has 1 atom stereocenters. The van der Waals surface area contributed by atoms with Crippen LogP contribution in [0.25, 0.3) is 0 Å². The first-order valence-corrected chi connectivity index (χ1v) is 5.46. The highest BCUT2D eigenvalue weighted by Crippen LogP contribution is 2.24. The zero-order valence-electron chi connectivity index (χ0n) is 9.64. The van der Waals surface area contributed by atoms with Gasteiger partial charge in [-0.05, 0) is 29.3 Å². The van der Waals surface area contributed by atoms with Crippen molar-refractivity contribution in [3.63, 3.8) is 0 Å². The molecule has 0 fully saturated rings. The van der Waals surface area contributed by atoms with Gasteiger partial charge in [-0.25, -0.2) is 0 Å². The van der Waals surface area contributed by atoms with Gasteiger partial charge >= 0.3 is 7.12 Å². The minimum atomic E-state index is -1.22. The summed E-state index contributed by atoms with van der Waals surface area (Å²) in [5.74, 6) is 0.694. The Kier molecular flexibility index (Phi) is 4.36. The van der Waals surface area contributed by atoms with E-state index in [1.54, 1.807) is 0 Å². The van der Waals surface area contributed by atoms with Gasteiger partial charge in [-0.15, -0.1) is 0 Å². The molecule has 15 heavy (non-hydrogen) atoms. The largest absolute Gasteiger partial charge is 0.452 e. The summed E-state index contributed by atoms with van der Waals surface area (Å²) in [6.07, 6.45) is 0.390. The van der Waals surface area contributed by atoms with Crippen LogP contribution in [0.1, 0.15) is 43.7 Å². The molecule has 2 nitrogen and oxygen atoms in total. The lowest BCUT2D eigenvalue weighted by atomic mass is 9.76. The quantitative estimate of drug-likeness (QED) is 0.742. The van der Waals surface area contributed by atoms with Crippen molar-refractivity contribution in [3.05, 3.63) is 35.4 Å². The van der Waals surface area contributed by atoms with Crippen molar-refractivity contribution in [3.8, 4) is 0 Å². The molecule has 0 spiro atoms. The molecule has 1 rings (SSSR count). The molecule has 0 amide bonds. The van der Waals surface area contributed by atoms with Gasteiger partial charge in [0, 0.05) is 0 Å². The van der Waals surface area contributed by atoms with E-state index in [0.717, 1.165) is 0 Å². The lowest BCUT2D eigenvalue weighted by Crippen LogP contribution is -2.14. The molecule has 0 bridgehead atoms. The van der Waals surface area contributed by atoms with Crippen molar-refractivity contribution in [2.24, 2.45) is 0 Å². The molecule has 0 aliphatic heterocycles. The summed E-state index contributed by atoms with van der Waals surface area (Å²) in [5, 5.41) is 17.8. The third kappa shape index (κ3) is 3.69. The molecule has 2 N–H and O–H groups in total. The fourth-order valence-electron chi connectivity index (χ4n) is 1.68. The molecule has 3 heteroatoms. The predicted octanol–water partition coefficient (Wildman–Crippen LogP) is 2.39. The standard InChI is InChI=1S/C12H19BO2/c1-9(2)11-5-4-6-12(7-11)10(3)8-13(14)15/h4-7,9-10,14-15H,8H2,1-3H3/t10-/m1/s1. The molecule has 82 valence electrons. The van der Waals surface area contributed by atoms with Gasteiger partial charge in [-0.1, -0.05) is 45.0 Å². The molecule has 1 aromatic rings. The fraction of sp³-hybridized carbons (Fsp3) is 0.500. The van der Waals surface area contributed by atoms with Crippen molar-refractivity contribution in [1.82, 2.24) is 0 Å². The molecule has 1 aromatic carbocycles. The van der Waals surface area contributed by atoms with E-state index >= 15 is 0 Å². The van der Waals surface area contributed by atoms with Gasteiger partial charge in [0.25, 0.3) is 0 Å². The topological polar surface area (TPSA) is 40.5 Å². The predicted molar refractivity (Wildman–Crippen MR) is 63.9 cm³/mol. The van der Waals surface area contributed by atoms with E-state index in [1.165, 1.54) is 11.1 Å². The van der Waals surface area contributed by atoms with E-state index < -0.39 is 7.12 Å². The van der Waals surface area contributed by atoms with E-state index in [2.05, 4.69) is 26.0 Å². The fourth-order valence-corrected chi connectivity index (χ4v) is 1.68. The van der Waals surface area contributed by atoms with Gasteiger partial charge in [0.05, 0.1) is 0 Å². The van der Waals surface area contributed by atoms with Crippen LogP contribution in [0, 0.1) is 0 Å². The number of rotatable bonds is 4. The van der Waals surface area contributed by atoms with E-state index in [4.69, 9.17) is 10.0 Å². The molecule has 0 aromatic heterocycles. The maximum Gasteiger partial charge on any atom is 0.452 e. The highest BCUT2D eigenvalue weighted by Gasteiger charge is 2.15. The van der Waals surface area contributed by atoms with Crippen LogP contribution in [-0.4, -0.2) is 17.2 Å². The first-order valence-electron chi connectivity index (χ1n) is 5.46. The zero-order chi connectivity index (χ0) is 11.4. The van der Waals surface area contributed by atoms with Crippen molar-refractivity contribution in [1.29, 1.82) is 0 Å². The van der Waals surface area contributed by atoms with Crippen LogP contribution >= 0.6 is 0 Å². The normalized spacial score (nSPS) is 12.9. The Morgan fingerprint density at radius 1 is 1.13 bits per heavy atom. The van der Waals surface area contributed by atoms with Crippen LogP contribution in [0.5, 0.6) is 0 Å². The Hall–Kier alpha value is -0.795. The average molecular weight is 206 g/mol. The van der Waals surface area contributed by atoms with Crippen molar-refractivity contribution < 1.29 is 10.0 Å². The highest BCUT2D eigenvalue weighted by molar-refractivity contribution is 6.41. The second-order valence-corrected chi connectivity index (χ2v) is 4.44. The van der Waals surface area contributed by atoms with Gasteiger partial charge in [0.2, 0.25) is 0 Å². The lowest BCUT2D eigenvalue weighted by molar-refractivity contribution is 0.400. The molecule has 0 aliphatic carbocycles. The Morgan fingerprint density at radius 2 is 1.73 bits per heavy atom. The molecule has 0 heterocycles. The molecule has 0 saturated carbocycles. The first kappa shape index (κ1) is 12.3. The summed E-state index contributed by atoms with van der Waals surface area (Å²) in [6.45, 7) is 6.33. The Balaban J connectivity index is 2.80. The van der Waals surface area contributed by atoms with Crippen LogP contribution < -0.4 is 0 Å². The monoisotopic (exact) mass is 206 g/mol. The van der Waals surface area contributed by atoms with Gasteiger partial charge < -0.3 is 10.0 Å². The molecular formula is C12H19BO2. The SMILES string of the molecule is CC(C)c1cccc([C@H](C)CB(O)O)c1. The maximum absolute atomic E-state index is 8.92. The smallest absolute Gasteiger partial charge is 0.427 e. The highest BCUT2D eigenvalue weighted by atomic mass is 16.4. The van der Waals surface area contributed by atoms with E-state index in [1.807, 2.05) is 19.1 Å². The third-order valence-corrected chi connectivity index (χ3v) is 2.71.